The van der Waals surface area contributed by atoms with Crippen molar-refractivity contribution in [3.63, 3.8) is 0 Å². The van der Waals surface area contributed by atoms with Gasteiger partial charge in [0, 0.05) is 24.6 Å². The summed E-state index contributed by atoms with van der Waals surface area (Å²) < 4.78 is 31.1. The van der Waals surface area contributed by atoms with E-state index in [1.165, 1.54) is 18.2 Å². The molecule has 3 amide bonds. The topological polar surface area (TPSA) is 211 Å². The van der Waals surface area contributed by atoms with E-state index in [1.54, 1.807) is 0 Å². The molecule has 0 aromatic heterocycles. The maximum absolute atomic E-state index is 12.2. The molecule has 1 atom stereocenters. The fourth-order valence-corrected chi connectivity index (χ4v) is 4.55. The summed E-state index contributed by atoms with van der Waals surface area (Å²) >= 11 is 0. The third-order valence-corrected chi connectivity index (χ3v) is 7.00. The molecule has 39 heavy (non-hydrogen) atoms. The van der Waals surface area contributed by atoms with Crippen LogP contribution in [-0.4, -0.2) is 93.1 Å². The van der Waals surface area contributed by atoms with Gasteiger partial charge in [0.2, 0.25) is 0 Å². The third kappa shape index (κ3) is 10.9. The van der Waals surface area contributed by atoms with Crippen molar-refractivity contribution >= 4 is 69.1 Å². The van der Waals surface area contributed by atoms with Crippen LogP contribution in [0.25, 0.3) is 0 Å². The Bertz CT molecular complexity index is 1160. The molecule has 0 radical (unpaired) electrons. The molecule has 1 heterocycles. The first-order valence-electron chi connectivity index (χ1n) is 12.2. The van der Waals surface area contributed by atoms with Crippen LogP contribution in [0.2, 0.25) is 0 Å². The van der Waals surface area contributed by atoms with E-state index in [0.717, 1.165) is 38.5 Å². The van der Waals surface area contributed by atoms with Gasteiger partial charge in [-0.2, -0.15) is 8.42 Å². The van der Waals surface area contributed by atoms with Crippen molar-refractivity contribution in [1.29, 1.82) is 0 Å². The zero-order chi connectivity index (χ0) is 28.3. The summed E-state index contributed by atoms with van der Waals surface area (Å²) in [4.78, 5) is 62.5. The second-order valence-electron chi connectivity index (χ2n) is 8.79. The van der Waals surface area contributed by atoms with Crippen molar-refractivity contribution in [3.05, 3.63) is 39.4 Å². The standard InChI is InChI=1S/C23H31N3O11S.Na.H/c27-15-17-13-16(10-11-18(17)26(32)33)22(30)24-12-8-6-4-2-1-3-5-7-9-21(29)37-25-20(28)14-19(23(25)31)38(34,35)36;;/h10-11,13,19,27H,1-9,12,14-15H2,(H,24,30)(H,34,35,36);;. The molecule has 0 spiro atoms. The normalized spacial score (nSPS) is 15.1. The van der Waals surface area contributed by atoms with Gasteiger partial charge in [0.25, 0.3) is 33.5 Å². The van der Waals surface area contributed by atoms with E-state index in [4.69, 9.17) is 4.55 Å². The summed E-state index contributed by atoms with van der Waals surface area (Å²) in [7, 11) is -4.76. The van der Waals surface area contributed by atoms with E-state index in [1.807, 2.05) is 0 Å². The molecule has 1 aromatic carbocycles. The molecule has 1 saturated heterocycles. The number of nitrogens with one attached hydrogen (secondary N) is 1. The molecule has 1 unspecified atom stereocenters. The van der Waals surface area contributed by atoms with Crippen molar-refractivity contribution in [3.8, 4) is 0 Å². The molecule has 1 aliphatic rings. The van der Waals surface area contributed by atoms with Crippen molar-refractivity contribution in [2.45, 2.75) is 76.1 Å². The first-order chi connectivity index (χ1) is 18.0. The number of aliphatic hydroxyl groups excluding tert-OH is 1. The summed E-state index contributed by atoms with van der Waals surface area (Å²) in [5.41, 5.74) is 0.0742. The Balaban J connectivity index is 0.00000760. The van der Waals surface area contributed by atoms with Gasteiger partial charge in [-0.1, -0.05) is 38.5 Å². The van der Waals surface area contributed by atoms with Crippen LogP contribution in [0, 0.1) is 10.1 Å². The molecule has 0 bridgehead atoms. The van der Waals surface area contributed by atoms with Crippen molar-refractivity contribution in [1.82, 2.24) is 10.4 Å². The first-order valence-corrected chi connectivity index (χ1v) is 13.7. The Morgan fingerprint density at radius 3 is 2.21 bits per heavy atom. The average Bonchev–Trinajstić information content (AvgIpc) is 3.15. The monoisotopic (exact) mass is 581 g/mol. The molecule has 14 nitrogen and oxygen atoms in total. The van der Waals surface area contributed by atoms with Crippen LogP contribution in [0.5, 0.6) is 0 Å². The quantitative estimate of drug-likeness (QED) is 0.0629. The summed E-state index contributed by atoms with van der Waals surface area (Å²) in [6.07, 6.45) is 5.66. The second kappa shape index (κ2) is 16.6. The number of carbonyl (C=O) groups is 4. The summed E-state index contributed by atoms with van der Waals surface area (Å²) in [5.74, 6) is -3.50. The zero-order valence-corrected chi connectivity index (χ0v) is 21.5. The van der Waals surface area contributed by atoms with Gasteiger partial charge in [0.15, 0.2) is 5.25 Å². The van der Waals surface area contributed by atoms with E-state index >= 15 is 0 Å². The van der Waals surface area contributed by atoms with Gasteiger partial charge in [-0.25, -0.2) is 4.79 Å². The van der Waals surface area contributed by atoms with Gasteiger partial charge in [-0.05, 0) is 25.0 Å². The number of carbonyl (C=O) groups excluding carboxylic acids is 4. The fourth-order valence-electron chi connectivity index (χ4n) is 3.85. The number of hydroxylamine groups is 2. The predicted octanol–water partition coefficient (Wildman–Crippen LogP) is 1.15. The van der Waals surface area contributed by atoms with Crippen molar-refractivity contribution < 1.29 is 47.0 Å². The Morgan fingerprint density at radius 1 is 1.08 bits per heavy atom. The number of imide groups is 1. The van der Waals surface area contributed by atoms with Crippen molar-refractivity contribution in [2.75, 3.05) is 6.54 Å². The van der Waals surface area contributed by atoms with E-state index in [-0.39, 0.29) is 63.8 Å². The first kappa shape index (κ1) is 34.6. The molecule has 0 saturated carbocycles. The van der Waals surface area contributed by atoms with E-state index in [9.17, 15) is 42.8 Å². The Kier molecular flexibility index (Phi) is 14.7. The van der Waals surface area contributed by atoms with Crippen LogP contribution in [0.15, 0.2) is 18.2 Å². The third-order valence-electron chi connectivity index (χ3n) is 5.92. The average molecular weight is 582 g/mol. The summed E-state index contributed by atoms with van der Waals surface area (Å²) in [5, 5.41) is 21.1. The molecular weight excluding hydrogens is 549 g/mol. The van der Waals surface area contributed by atoms with Crippen LogP contribution < -0.4 is 5.32 Å². The van der Waals surface area contributed by atoms with Gasteiger partial charge in [-0.15, -0.1) is 5.06 Å². The minimum atomic E-state index is -4.76. The number of nitro benzene ring substituents is 1. The van der Waals surface area contributed by atoms with Gasteiger partial charge < -0.3 is 15.3 Å². The molecule has 1 fully saturated rings. The molecular formula is C23H32N3NaO11S. The number of unbranched alkanes of at least 4 members (excludes halogenated alkanes) is 7. The summed E-state index contributed by atoms with van der Waals surface area (Å²) in [6, 6.07) is 3.84. The predicted molar refractivity (Wildman–Crippen MR) is 138 cm³/mol. The van der Waals surface area contributed by atoms with Crippen LogP contribution >= 0.6 is 0 Å². The maximum atomic E-state index is 12.2. The second-order valence-corrected chi connectivity index (χ2v) is 10.4. The number of hydrogen-bond donors (Lipinski definition) is 3. The Labute approximate surface area is 247 Å². The van der Waals surface area contributed by atoms with Crippen LogP contribution in [0.1, 0.15) is 80.1 Å². The van der Waals surface area contributed by atoms with Gasteiger partial charge in [0.05, 0.1) is 23.5 Å². The number of nitrogens with zero attached hydrogens (tertiary/aromatic N) is 2. The minimum absolute atomic E-state index is 0. The van der Waals surface area contributed by atoms with Gasteiger partial charge in [0.1, 0.15) is 0 Å². The van der Waals surface area contributed by atoms with E-state index in [0.29, 0.717) is 19.4 Å². The molecule has 212 valence electrons. The Hall–Kier alpha value is -2.43. The molecule has 1 aromatic rings. The van der Waals surface area contributed by atoms with Gasteiger partial charge in [-0.3, -0.25) is 29.1 Å². The summed E-state index contributed by atoms with van der Waals surface area (Å²) in [6.45, 7) is -0.0956. The van der Waals surface area contributed by atoms with Gasteiger partial charge >= 0.3 is 35.5 Å². The molecule has 3 N–H and O–H groups in total. The molecule has 1 aliphatic heterocycles. The number of amides is 3. The number of benzene rings is 1. The van der Waals surface area contributed by atoms with Crippen molar-refractivity contribution in [2.24, 2.45) is 0 Å². The molecule has 16 heteroatoms. The number of hydrogen-bond acceptors (Lipinski definition) is 10. The van der Waals surface area contributed by atoms with E-state index < -0.39 is 51.1 Å². The zero-order valence-electron chi connectivity index (χ0n) is 20.7. The van der Waals surface area contributed by atoms with E-state index in [2.05, 4.69) is 10.2 Å². The number of rotatable bonds is 16. The number of aliphatic hydroxyl groups is 1. The molecule has 2 rings (SSSR count). The van der Waals surface area contributed by atoms with Crippen LogP contribution in [-0.2, 0) is 35.9 Å². The Morgan fingerprint density at radius 2 is 1.67 bits per heavy atom. The molecule has 0 aliphatic carbocycles. The number of nitro groups is 1. The van der Waals surface area contributed by atoms with Crippen LogP contribution in [0.3, 0.4) is 0 Å². The van der Waals surface area contributed by atoms with Crippen LogP contribution in [0.4, 0.5) is 5.69 Å². The fraction of sp³-hybridized carbons (Fsp3) is 0.565. The SMILES string of the molecule is O=C(CCCCCCCCCCNC(=O)c1ccc([N+](=O)[O-])c(CO)c1)ON1C(=O)CC(S(=O)(=O)O)C1=O.[NaH].